The fourth-order valence-electron chi connectivity index (χ4n) is 2.13. The lowest BCUT2D eigenvalue weighted by atomic mass is 10.1. The highest BCUT2D eigenvalue weighted by molar-refractivity contribution is 5.99. The molecule has 0 bridgehead atoms. The van der Waals surface area contributed by atoms with Gasteiger partial charge in [-0.2, -0.15) is 0 Å². The molecule has 0 radical (unpaired) electrons. The van der Waals surface area contributed by atoms with Gasteiger partial charge in [0, 0.05) is 24.8 Å². The molecule has 0 atom stereocenters. The molecule has 0 saturated heterocycles. The van der Waals surface area contributed by atoms with E-state index in [2.05, 4.69) is 15.3 Å². The first-order chi connectivity index (χ1) is 10.3. The highest BCUT2D eigenvalue weighted by Gasteiger charge is 2.11. The van der Waals surface area contributed by atoms with Gasteiger partial charge in [-0.15, -0.1) is 0 Å². The third kappa shape index (κ3) is 3.37. The van der Waals surface area contributed by atoms with Gasteiger partial charge in [-0.1, -0.05) is 6.07 Å². The highest BCUT2D eigenvalue weighted by atomic mass is 19.1. The lowest BCUT2D eigenvalue weighted by Crippen LogP contribution is -2.30. The molecular formula is C16H16FN3O. The van der Waals surface area contributed by atoms with Crippen molar-refractivity contribution in [2.24, 2.45) is 4.99 Å². The number of aromatic nitrogens is 1. The first kappa shape index (κ1) is 13.5. The Bertz CT molecular complexity index is 643. The number of nitrogens with zero attached hydrogens (tertiary/aromatic N) is 2. The minimum atomic E-state index is -0.390. The zero-order valence-corrected chi connectivity index (χ0v) is 11.6. The Morgan fingerprint density at radius 3 is 2.90 bits per heavy atom. The van der Waals surface area contributed by atoms with Gasteiger partial charge >= 0.3 is 0 Å². The number of amidine groups is 1. The lowest BCUT2D eigenvalue weighted by molar-refractivity contribution is 0.286. The first-order valence-corrected chi connectivity index (χ1v) is 6.94. The third-order valence-electron chi connectivity index (χ3n) is 3.20. The second-order valence-electron chi connectivity index (χ2n) is 4.77. The summed E-state index contributed by atoms with van der Waals surface area (Å²) in [6, 6.07) is 10.4. The summed E-state index contributed by atoms with van der Waals surface area (Å²) < 4.78 is 19.5. The molecule has 4 nitrogen and oxygen atoms in total. The van der Waals surface area contributed by atoms with Crippen LogP contribution in [0.15, 0.2) is 47.6 Å². The van der Waals surface area contributed by atoms with Gasteiger partial charge in [0.2, 0.25) is 0 Å². The molecule has 2 heterocycles. The quantitative estimate of drug-likeness (QED) is 0.939. The Labute approximate surface area is 122 Å². The maximum atomic E-state index is 14.1. The largest absolute Gasteiger partial charge is 0.484 e. The van der Waals surface area contributed by atoms with Crippen molar-refractivity contribution in [3.8, 4) is 5.75 Å². The van der Waals surface area contributed by atoms with Crippen LogP contribution < -0.4 is 10.1 Å². The van der Waals surface area contributed by atoms with Crippen molar-refractivity contribution in [3.63, 3.8) is 0 Å². The van der Waals surface area contributed by atoms with Crippen molar-refractivity contribution in [2.75, 3.05) is 13.1 Å². The van der Waals surface area contributed by atoms with Crippen molar-refractivity contribution in [1.29, 1.82) is 0 Å². The second kappa shape index (κ2) is 6.35. The molecule has 1 N–H and O–H groups in total. The number of aliphatic imine (C=N–C) groups is 1. The molecule has 0 spiro atoms. The smallest absolute Gasteiger partial charge is 0.165 e. The number of benzene rings is 1. The second-order valence-corrected chi connectivity index (χ2v) is 4.77. The minimum absolute atomic E-state index is 0.223. The van der Waals surface area contributed by atoms with Gasteiger partial charge in [0.05, 0.1) is 5.69 Å². The summed E-state index contributed by atoms with van der Waals surface area (Å²) in [4.78, 5) is 8.49. The van der Waals surface area contributed by atoms with Crippen LogP contribution in [0.25, 0.3) is 0 Å². The number of ether oxygens (including phenoxy) is 1. The molecule has 0 fully saturated rings. The van der Waals surface area contributed by atoms with E-state index in [4.69, 9.17) is 4.74 Å². The number of pyridine rings is 1. The Morgan fingerprint density at radius 2 is 2.19 bits per heavy atom. The van der Waals surface area contributed by atoms with Gasteiger partial charge in [0.25, 0.3) is 0 Å². The summed E-state index contributed by atoms with van der Waals surface area (Å²) in [5, 5.41) is 3.17. The van der Waals surface area contributed by atoms with Crippen molar-refractivity contribution in [2.45, 2.75) is 13.0 Å². The summed E-state index contributed by atoms with van der Waals surface area (Å²) in [5.74, 6) is 0.579. The van der Waals surface area contributed by atoms with E-state index in [1.807, 2.05) is 24.3 Å². The summed E-state index contributed by atoms with van der Waals surface area (Å²) in [5.41, 5.74) is 1.51. The fourth-order valence-corrected chi connectivity index (χ4v) is 2.13. The number of rotatable bonds is 4. The van der Waals surface area contributed by atoms with Crippen LogP contribution in [0.3, 0.4) is 0 Å². The molecule has 1 aromatic carbocycles. The Hall–Kier alpha value is -2.43. The molecule has 0 aliphatic carbocycles. The summed E-state index contributed by atoms with van der Waals surface area (Å²) in [6.45, 7) is 1.90. The molecule has 1 aliphatic heterocycles. The monoisotopic (exact) mass is 285 g/mol. The van der Waals surface area contributed by atoms with Crippen molar-refractivity contribution in [3.05, 3.63) is 59.7 Å². The van der Waals surface area contributed by atoms with E-state index in [1.54, 1.807) is 12.3 Å². The SMILES string of the molecule is Fc1cc(C2=NCCCN2)ccc1OCc1ccccn1. The molecule has 5 heteroatoms. The zero-order chi connectivity index (χ0) is 14.5. The first-order valence-electron chi connectivity index (χ1n) is 6.94. The number of hydrogen-bond donors (Lipinski definition) is 1. The van der Waals surface area contributed by atoms with Crippen LogP contribution >= 0.6 is 0 Å². The van der Waals surface area contributed by atoms with Gasteiger partial charge in [0.1, 0.15) is 12.4 Å². The maximum Gasteiger partial charge on any atom is 0.165 e. The van der Waals surface area contributed by atoms with Crippen LogP contribution in [0.1, 0.15) is 17.7 Å². The van der Waals surface area contributed by atoms with E-state index in [-0.39, 0.29) is 12.4 Å². The average molecular weight is 285 g/mol. The summed E-state index contributed by atoms with van der Waals surface area (Å²) in [7, 11) is 0. The van der Waals surface area contributed by atoms with Crippen LogP contribution in [0.4, 0.5) is 4.39 Å². The lowest BCUT2D eigenvalue weighted by Gasteiger charge is -2.15. The maximum absolute atomic E-state index is 14.1. The Balaban J connectivity index is 1.71. The molecule has 0 saturated carbocycles. The topological polar surface area (TPSA) is 46.5 Å². The standard InChI is InChI=1S/C16H16FN3O/c17-14-10-12(16-19-8-3-9-20-16)5-6-15(14)21-11-13-4-1-2-7-18-13/h1-2,4-7,10H,3,8-9,11H2,(H,19,20). The van der Waals surface area contributed by atoms with Gasteiger partial charge in [0.15, 0.2) is 11.6 Å². The highest BCUT2D eigenvalue weighted by Crippen LogP contribution is 2.20. The van der Waals surface area contributed by atoms with Gasteiger partial charge in [-0.3, -0.25) is 9.98 Å². The predicted octanol–water partition coefficient (Wildman–Crippen LogP) is 2.54. The van der Waals surface area contributed by atoms with E-state index in [0.717, 1.165) is 36.6 Å². The average Bonchev–Trinajstić information content (AvgIpc) is 2.55. The van der Waals surface area contributed by atoms with Crippen LogP contribution in [0, 0.1) is 5.82 Å². The molecular weight excluding hydrogens is 269 g/mol. The van der Waals surface area contributed by atoms with E-state index in [9.17, 15) is 4.39 Å². The van der Waals surface area contributed by atoms with Crippen LogP contribution in [-0.2, 0) is 6.61 Å². The Kier molecular flexibility index (Phi) is 4.09. The molecule has 1 aromatic heterocycles. The van der Waals surface area contributed by atoms with E-state index >= 15 is 0 Å². The molecule has 108 valence electrons. The summed E-state index contributed by atoms with van der Waals surface area (Å²) in [6.07, 6.45) is 2.70. The molecule has 0 unspecified atom stereocenters. The van der Waals surface area contributed by atoms with Crippen LogP contribution in [0.5, 0.6) is 5.75 Å². The normalized spacial score (nSPS) is 14.2. The molecule has 1 aliphatic rings. The van der Waals surface area contributed by atoms with Gasteiger partial charge in [-0.25, -0.2) is 4.39 Å². The van der Waals surface area contributed by atoms with E-state index in [0.29, 0.717) is 0 Å². The van der Waals surface area contributed by atoms with Crippen molar-refractivity contribution in [1.82, 2.24) is 10.3 Å². The third-order valence-corrected chi connectivity index (χ3v) is 3.20. The number of hydrogen-bond acceptors (Lipinski definition) is 4. The number of halogens is 1. The van der Waals surface area contributed by atoms with Crippen molar-refractivity contribution >= 4 is 5.84 Å². The van der Waals surface area contributed by atoms with Gasteiger partial charge in [-0.05, 0) is 36.8 Å². The molecule has 0 amide bonds. The van der Waals surface area contributed by atoms with Crippen molar-refractivity contribution < 1.29 is 9.13 Å². The molecule has 21 heavy (non-hydrogen) atoms. The van der Waals surface area contributed by atoms with E-state index < -0.39 is 5.82 Å². The van der Waals surface area contributed by atoms with Crippen LogP contribution in [-0.4, -0.2) is 23.9 Å². The summed E-state index contributed by atoms with van der Waals surface area (Å²) >= 11 is 0. The van der Waals surface area contributed by atoms with E-state index in [1.165, 1.54) is 6.07 Å². The molecule has 3 rings (SSSR count). The van der Waals surface area contributed by atoms with Gasteiger partial charge < -0.3 is 10.1 Å². The predicted molar refractivity (Wildman–Crippen MR) is 79.0 cm³/mol. The van der Waals surface area contributed by atoms with Crippen LogP contribution in [0.2, 0.25) is 0 Å². The zero-order valence-electron chi connectivity index (χ0n) is 11.6. The minimum Gasteiger partial charge on any atom is -0.484 e. The molecule has 2 aromatic rings. The number of nitrogens with one attached hydrogen (secondary N) is 1. The Morgan fingerprint density at radius 1 is 1.24 bits per heavy atom. The fraction of sp³-hybridized carbons (Fsp3) is 0.250.